The van der Waals surface area contributed by atoms with E-state index >= 15 is 0 Å². The van der Waals surface area contributed by atoms with Gasteiger partial charge >= 0.3 is 0 Å². The second-order valence-corrected chi connectivity index (χ2v) is 8.50. The van der Waals surface area contributed by atoms with Crippen molar-refractivity contribution in [1.29, 1.82) is 0 Å². The monoisotopic (exact) mass is 435 g/mol. The topological polar surface area (TPSA) is 64.1 Å². The molecule has 2 aromatic rings. The number of halogens is 1. The van der Waals surface area contributed by atoms with Crippen molar-refractivity contribution >= 4 is 11.8 Å². The van der Waals surface area contributed by atoms with Gasteiger partial charge in [0.2, 0.25) is 5.91 Å². The molecule has 32 heavy (non-hydrogen) atoms. The highest BCUT2D eigenvalue weighted by atomic mass is 19.1. The fraction of sp³-hybridized carbons (Fsp3) is 0.360. The predicted molar refractivity (Wildman–Crippen MR) is 118 cm³/mol. The first-order chi connectivity index (χ1) is 15.4. The molecule has 2 aliphatic heterocycles. The molecule has 4 rings (SSSR count). The SMILES string of the molecule is CN(C)CC#Cc1ccc([C@H]2[C@@H](CO)N3C(=O)CN(C(=O)c4ccc(F)cc4)C[C@@H]23)cc1. The van der Waals surface area contributed by atoms with E-state index in [9.17, 15) is 19.1 Å². The van der Waals surface area contributed by atoms with Crippen LogP contribution in [-0.4, -0.2) is 84.0 Å². The van der Waals surface area contributed by atoms with Gasteiger partial charge in [0.15, 0.2) is 0 Å². The van der Waals surface area contributed by atoms with Gasteiger partial charge in [-0.3, -0.25) is 14.5 Å². The Hall–Kier alpha value is -3.21. The van der Waals surface area contributed by atoms with Gasteiger partial charge in [-0.2, -0.15) is 0 Å². The third-order valence-electron chi connectivity index (χ3n) is 6.05. The summed E-state index contributed by atoms with van der Waals surface area (Å²) < 4.78 is 13.2. The van der Waals surface area contributed by atoms with Crippen LogP contribution < -0.4 is 0 Å². The van der Waals surface area contributed by atoms with E-state index in [4.69, 9.17) is 0 Å². The van der Waals surface area contributed by atoms with Crippen molar-refractivity contribution in [1.82, 2.24) is 14.7 Å². The Bertz CT molecular complexity index is 1060. The van der Waals surface area contributed by atoms with Gasteiger partial charge in [-0.05, 0) is 56.1 Å². The maximum absolute atomic E-state index is 13.2. The average molecular weight is 435 g/mol. The summed E-state index contributed by atoms with van der Waals surface area (Å²) in [5, 5.41) is 9.94. The molecular formula is C25H26FN3O3. The summed E-state index contributed by atoms with van der Waals surface area (Å²) in [4.78, 5) is 30.9. The Morgan fingerprint density at radius 1 is 1.16 bits per heavy atom. The van der Waals surface area contributed by atoms with Crippen LogP contribution in [0.1, 0.15) is 27.4 Å². The molecule has 0 bridgehead atoms. The van der Waals surface area contributed by atoms with E-state index in [0.29, 0.717) is 18.7 Å². The Morgan fingerprint density at radius 3 is 2.47 bits per heavy atom. The standard InChI is InChI=1S/C25H26FN3O3/c1-27(2)13-3-4-17-5-7-18(8-6-17)24-21-14-28(15-23(31)29(21)22(24)16-30)25(32)19-9-11-20(26)12-10-19/h5-12,21-22,24,30H,13-16H2,1-2H3/t21-,22+,24+/m0/s1. The number of carbonyl (C=O) groups excluding carboxylic acids is 2. The maximum atomic E-state index is 13.2. The van der Waals surface area contributed by atoms with E-state index in [1.165, 1.54) is 29.2 Å². The summed E-state index contributed by atoms with van der Waals surface area (Å²) in [5.74, 6) is 5.26. The lowest BCUT2D eigenvalue weighted by Gasteiger charge is -2.58. The second kappa shape index (κ2) is 9.11. The number of amides is 2. The zero-order valence-electron chi connectivity index (χ0n) is 18.2. The molecular weight excluding hydrogens is 409 g/mol. The van der Waals surface area contributed by atoms with Crippen molar-refractivity contribution in [2.75, 3.05) is 40.3 Å². The molecule has 1 N–H and O–H groups in total. The highest BCUT2D eigenvalue weighted by Gasteiger charge is 2.54. The van der Waals surface area contributed by atoms with Gasteiger partial charge in [0.1, 0.15) is 12.4 Å². The first-order valence-corrected chi connectivity index (χ1v) is 10.6. The van der Waals surface area contributed by atoms with Crippen molar-refractivity contribution in [3.8, 4) is 11.8 Å². The lowest BCUT2D eigenvalue weighted by molar-refractivity contribution is -0.159. The molecule has 3 atom stereocenters. The average Bonchev–Trinajstić information content (AvgIpc) is 2.76. The van der Waals surface area contributed by atoms with Crippen LogP contribution in [0, 0.1) is 17.7 Å². The lowest BCUT2D eigenvalue weighted by atomic mass is 9.73. The van der Waals surface area contributed by atoms with Crippen molar-refractivity contribution in [2.45, 2.75) is 18.0 Å². The predicted octanol–water partition coefficient (Wildman–Crippen LogP) is 1.55. The Labute approximate surface area is 187 Å². The smallest absolute Gasteiger partial charge is 0.254 e. The van der Waals surface area contributed by atoms with Crippen LogP contribution >= 0.6 is 0 Å². The second-order valence-electron chi connectivity index (χ2n) is 8.50. The molecule has 2 amide bonds. The molecule has 0 radical (unpaired) electrons. The molecule has 0 saturated carbocycles. The number of fused-ring (bicyclic) bond motifs is 1. The molecule has 166 valence electrons. The van der Waals surface area contributed by atoms with Crippen LogP contribution in [0.4, 0.5) is 4.39 Å². The minimum Gasteiger partial charge on any atom is -0.394 e. The lowest BCUT2D eigenvalue weighted by Crippen LogP contribution is -2.73. The number of aliphatic hydroxyl groups excluding tert-OH is 1. The van der Waals surface area contributed by atoms with Gasteiger partial charge in [0.05, 0.1) is 25.2 Å². The van der Waals surface area contributed by atoms with Crippen LogP contribution in [-0.2, 0) is 4.79 Å². The van der Waals surface area contributed by atoms with Gasteiger partial charge < -0.3 is 14.9 Å². The first kappa shape index (κ1) is 22.0. The summed E-state index contributed by atoms with van der Waals surface area (Å²) in [6.45, 7) is 0.862. The van der Waals surface area contributed by atoms with Gasteiger partial charge in [-0.15, -0.1) is 0 Å². The van der Waals surface area contributed by atoms with Gasteiger partial charge in [0, 0.05) is 23.6 Å². The van der Waals surface area contributed by atoms with Gasteiger partial charge in [-0.25, -0.2) is 4.39 Å². The van der Waals surface area contributed by atoms with E-state index in [1.807, 2.05) is 43.3 Å². The molecule has 2 aromatic carbocycles. The number of benzene rings is 2. The molecule has 2 heterocycles. The quantitative estimate of drug-likeness (QED) is 0.741. The molecule has 0 unspecified atom stereocenters. The number of hydrogen-bond donors (Lipinski definition) is 1. The third-order valence-corrected chi connectivity index (χ3v) is 6.05. The largest absolute Gasteiger partial charge is 0.394 e. The summed E-state index contributed by atoms with van der Waals surface area (Å²) in [6.07, 6.45) is 0. The summed E-state index contributed by atoms with van der Waals surface area (Å²) in [5.41, 5.74) is 2.26. The van der Waals surface area contributed by atoms with E-state index < -0.39 is 5.82 Å². The summed E-state index contributed by atoms with van der Waals surface area (Å²) >= 11 is 0. The molecule has 7 heteroatoms. The molecule has 0 aromatic heterocycles. The van der Waals surface area contributed by atoms with Gasteiger partial charge in [0.25, 0.3) is 5.91 Å². The molecule has 0 aliphatic carbocycles. The minimum absolute atomic E-state index is 0.0453. The highest BCUT2D eigenvalue weighted by Crippen LogP contribution is 2.43. The summed E-state index contributed by atoms with van der Waals surface area (Å²) in [7, 11) is 3.93. The van der Waals surface area contributed by atoms with E-state index in [1.54, 1.807) is 4.90 Å². The van der Waals surface area contributed by atoms with E-state index in [2.05, 4.69) is 11.8 Å². The van der Waals surface area contributed by atoms with Crippen molar-refractivity contribution in [2.24, 2.45) is 0 Å². The summed E-state index contributed by atoms with van der Waals surface area (Å²) in [6, 6.07) is 12.7. The van der Waals surface area contributed by atoms with E-state index in [-0.39, 0.29) is 43.0 Å². The fourth-order valence-corrected chi connectivity index (χ4v) is 4.52. The number of piperazine rings is 1. The van der Waals surface area contributed by atoms with E-state index in [0.717, 1.165) is 11.1 Å². The van der Waals surface area contributed by atoms with Crippen molar-refractivity contribution < 1.29 is 19.1 Å². The highest BCUT2D eigenvalue weighted by molar-refractivity contribution is 5.97. The van der Waals surface area contributed by atoms with Crippen LogP contribution in [0.2, 0.25) is 0 Å². The van der Waals surface area contributed by atoms with Gasteiger partial charge in [-0.1, -0.05) is 24.0 Å². The van der Waals surface area contributed by atoms with Crippen LogP contribution in [0.15, 0.2) is 48.5 Å². The normalized spacial score (nSPS) is 22.2. The first-order valence-electron chi connectivity index (χ1n) is 10.6. The number of aliphatic hydroxyl groups is 1. The Morgan fingerprint density at radius 2 is 1.84 bits per heavy atom. The molecule has 0 spiro atoms. The number of nitrogens with zero attached hydrogens (tertiary/aromatic N) is 3. The maximum Gasteiger partial charge on any atom is 0.254 e. The minimum atomic E-state index is -0.415. The Kier molecular flexibility index (Phi) is 6.26. The fourth-order valence-electron chi connectivity index (χ4n) is 4.52. The number of carbonyl (C=O) groups is 2. The zero-order valence-corrected chi connectivity index (χ0v) is 18.2. The number of rotatable bonds is 4. The molecule has 2 fully saturated rings. The zero-order chi connectivity index (χ0) is 22.8. The van der Waals surface area contributed by atoms with Crippen molar-refractivity contribution in [3.63, 3.8) is 0 Å². The van der Waals surface area contributed by atoms with Crippen LogP contribution in [0.25, 0.3) is 0 Å². The van der Waals surface area contributed by atoms with Crippen molar-refractivity contribution in [3.05, 3.63) is 71.0 Å². The third kappa shape index (κ3) is 4.24. The molecule has 6 nitrogen and oxygen atoms in total. The molecule has 2 aliphatic rings. The van der Waals surface area contributed by atoms with Crippen LogP contribution in [0.5, 0.6) is 0 Å². The number of hydrogen-bond acceptors (Lipinski definition) is 4. The van der Waals surface area contributed by atoms with Crippen LogP contribution in [0.3, 0.4) is 0 Å². The Balaban J connectivity index is 1.52. The molecule has 2 saturated heterocycles.